The molecule has 0 saturated heterocycles. The fourth-order valence-electron chi connectivity index (χ4n) is 9.72. The maximum atomic E-state index is 12.8. The van der Waals surface area contributed by atoms with E-state index in [-0.39, 0.29) is 33.2 Å². The summed E-state index contributed by atoms with van der Waals surface area (Å²) in [5.74, 6) is -1.05. The molecular formula is C48H36Cl7N15O5. The van der Waals surface area contributed by atoms with Gasteiger partial charge < -0.3 is 14.2 Å². The Morgan fingerprint density at radius 3 is 1.45 bits per heavy atom. The summed E-state index contributed by atoms with van der Waals surface area (Å²) in [5, 5.41) is 45.4. The first-order chi connectivity index (χ1) is 36.0. The fraction of sp³-hybridized carbons (Fsp3) is 0.229. The standard InChI is InChI=1S/C16H12Cl3N5O.C16H11Cl2N5O3.C16H13Cl2N5O/c1-8-2-4-12-14(18)13(15(19)16(25)24(8)12)10-6-9(17)3-5-11(10)23-7-20-21-22-23;17-8-1-3-12(22-7-19-20-21-22)10(5-8)11-6-9-2-4-13(16(25)26)23(9)15(24)14(11)18;1-9-2-4-14-16(18)12(7-15(24)23(9)14)11-6-10(17)3-5-13(11)22-8-19-20-21-22/h3,5-8H,2,4H2,1H3;1,3,5-7,13H,2,4H2,(H,25,26);3,5-9H,2,4H2,1H3/t8-;13-;9-/m101/s1. The summed E-state index contributed by atoms with van der Waals surface area (Å²) in [6.07, 6.45) is 8.44. The number of hydrogen-bond acceptors (Lipinski definition) is 13. The van der Waals surface area contributed by atoms with Crippen molar-refractivity contribution in [2.24, 2.45) is 0 Å². The number of carboxylic acid groups (broad SMARTS) is 1. The van der Waals surface area contributed by atoms with E-state index in [0.29, 0.717) is 88.5 Å². The Labute approximate surface area is 458 Å². The lowest BCUT2D eigenvalue weighted by Crippen LogP contribution is -2.28. The Morgan fingerprint density at radius 1 is 0.507 bits per heavy atom. The van der Waals surface area contributed by atoms with Crippen LogP contribution < -0.4 is 16.7 Å². The molecule has 3 aliphatic rings. The van der Waals surface area contributed by atoms with Crippen LogP contribution in [0.15, 0.2) is 100 Å². The van der Waals surface area contributed by atoms with Crippen molar-refractivity contribution in [2.75, 3.05) is 0 Å². The molecule has 3 aromatic carbocycles. The minimum atomic E-state index is -1.05. The Bertz CT molecular complexity index is 3880. The molecule has 27 heteroatoms. The van der Waals surface area contributed by atoms with Crippen LogP contribution in [0.2, 0.25) is 35.2 Å². The lowest BCUT2D eigenvalue weighted by Gasteiger charge is -2.17. The molecule has 0 saturated carbocycles. The van der Waals surface area contributed by atoms with Crippen molar-refractivity contribution in [2.45, 2.75) is 70.5 Å². The Kier molecular flexibility index (Phi) is 14.5. The number of rotatable bonds is 7. The van der Waals surface area contributed by atoms with Crippen LogP contribution in [0.25, 0.3) is 50.4 Å². The second-order valence-corrected chi connectivity index (χ2v) is 20.4. The molecule has 9 heterocycles. The highest BCUT2D eigenvalue weighted by molar-refractivity contribution is 6.40. The molecule has 20 nitrogen and oxygen atoms in total. The Morgan fingerprint density at radius 2 is 0.960 bits per heavy atom. The number of carbonyl (C=O) groups is 1. The van der Waals surface area contributed by atoms with E-state index in [9.17, 15) is 24.3 Å². The number of tetrazole rings is 3. The van der Waals surface area contributed by atoms with Crippen LogP contribution in [-0.2, 0) is 24.1 Å². The number of carboxylic acids is 1. The van der Waals surface area contributed by atoms with E-state index in [1.807, 2.05) is 13.8 Å². The predicted molar refractivity (Wildman–Crippen MR) is 283 cm³/mol. The van der Waals surface area contributed by atoms with E-state index in [0.717, 1.165) is 42.6 Å². The van der Waals surface area contributed by atoms with E-state index in [1.165, 1.54) is 37.6 Å². The molecular weight excluding hydrogens is 1110 g/mol. The smallest absolute Gasteiger partial charge is 0.326 e. The van der Waals surface area contributed by atoms with Crippen molar-refractivity contribution < 1.29 is 9.90 Å². The van der Waals surface area contributed by atoms with Gasteiger partial charge in [0, 0.05) is 83.7 Å². The normalized spacial score (nSPS) is 16.1. The van der Waals surface area contributed by atoms with Crippen LogP contribution >= 0.6 is 81.2 Å². The topological polar surface area (TPSA) is 234 Å². The number of pyridine rings is 3. The van der Waals surface area contributed by atoms with E-state index in [1.54, 1.807) is 75.9 Å². The first kappa shape index (κ1) is 51.7. The SMILES string of the molecule is C[C@@H]1CCc2c(Cl)c(-c3cc(Cl)ccc3-n3cnnn3)c(Cl)c(=O)n21.C[C@@H]1CCc2c(Cl)c(-c3cc(Cl)ccc3-n3cnnn3)cc(=O)n21.O=C(O)[C@@H]1CCc2cc(-c3cc(Cl)ccc3-n3cnnn3)c(Cl)c(=O)n21. The third kappa shape index (κ3) is 9.64. The quantitative estimate of drug-likeness (QED) is 0.157. The van der Waals surface area contributed by atoms with Gasteiger partial charge in [-0.05, 0) is 144 Å². The number of aliphatic carboxylic acids is 1. The molecule has 1 N–H and O–H groups in total. The van der Waals surface area contributed by atoms with Gasteiger partial charge in [0.05, 0.1) is 27.1 Å². The van der Waals surface area contributed by atoms with Crippen molar-refractivity contribution in [1.82, 2.24) is 74.3 Å². The van der Waals surface area contributed by atoms with Crippen LogP contribution in [0.5, 0.6) is 0 Å². The maximum absolute atomic E-state index is 12.8. The van der Waals surface area contributed by atoms with Crippen LogP contribution in [-0.4, -0.2) is 85.4 Å². The van der Waals surface area contributed by atoms with Crippen LogP contribution in [0.3, 0.4) is 0 Å². The van der Waals surface area contributed by atoms with Crippen LogP contribution in [0, 0.1) is 0 Å². The molecule has 12 rings (SSSR count). The highest BCUT2D eigenvalue weighted by atomic mass is 35.5. The van der Waals surface area contributed by atoms with Gasteiger partial charge in [-0.1, -0.05) is 81.2 Å². The van der Waals surface area contributed by atoms with Gasteiger partial charge in [-0.2, -0.15) is 14.0 Å². The maximum Gasteiger partial charge on any atom is 0.326 e. The van der Waals surface area contributed by atoms with Gasteiger partial charge >= 0.3 is 5.97 Å². The first-order valence-corrected chi connectivity index (χ1v) is 25.5. The second-order valence-electron chi connectivity index (χ2n) is 17.6. The molecule has 382 valence electrons. The highest BCUT2D eigenvalue weighted by Crippen LogP contribution is 2.43. The average Bonchev–Trinajstić information content (AvgIpc) is 4.26. The van der Waals surface area contributed by atoms with Gasteiger partial charge in [-0.3, -0.25) is 19.0 Å². The fourth-order valence-corrected chi connectivity index (χ4v) is 11.5. The van der Waals surface area contributed by atoms with Gasteiger partial charge in [0.2, 0.25) is 0 Å². The van der Waals surface area contributed by atoms with E-state index in [4.69, 9.17) is 81.2 Å². The molecule has 0 amide bonds. The third-order valence-corrected chi connectivity index (χ3v) is 15.5. The molecule has 6 aromatic heterocycles. The minimum absolute atomic E-state index is 0.0583. The van der Waals surface area contributed by atoms with Crippen molar-refractivity contribution >= 4 is 87.2 Å². The molecule has 9 aromatic rings. The number of hydrogen-bond donors (Lipinski definition) is 1. The molecule has 0 bridgehead atoms. The number of fused-ring (bicyclic) bond motifs is 3. The van der Waals surface area contributed by atoms with Gasteiger partial charge in [-0.15, -0.1) is 15.3 Å². The predicted octanol–water partition coefficient (Wildman–Crippen LogP) is 9.63. The summed E-state index contributed by atoms with van der Waals surface area (Å²) in [6.45, 7) is 4.01. The molecule has 75 heavy (non-hydrogen) atoms. The van der Waals surface area contributed by atoms with Crippen molar-refractivity contribution in [3.05, 3.63) is 169 Å². The van der Waals surface area contributed by atoms with E-state index >= 15 is 0 Å². The Balaban J connectivity index is 0.000000128. The summed E-state index contributed by atoms with van der Waals surface area (Å²) in [7, 11) is 0. The van der Waals surface area contributed by atoms with E-state index in [2.05, 4.69) is 46.6 Å². The zero-order valence-electron chi connectivity index (χ0n) is 39.0. The molecule has 3 atom stereocenters. The molecule has 0 fully saturated rings. The highest BCUT2D eigenvalue weighted by Gasteiger charge is 2.33. The molecule has 0 radical (unpaired) electrons. The minimum Gasteiger partial charge on any atom is -0.480 e. The van der Waals surface area contributed by atoms with Crippen LogP contribution in [0.1, 0.15) is 68.3 Å². The summed E-state index contributed by atoms with van der Waals surface area (Å²) in [4.78, 5) is 49.5. The molecule has 0 aliphatic carbocycles. The van der Waals surface area contributed by atoms with Gasteiger partial charge in [0.1, 0.15) is 35.1 Å². The number of aromatic nitrogens is 15. The van der Waals surface area contributed by atoms with Crippen molar-refractivity contribution in [3.63, 3.8) is 0 Å². The number of nitrogens with zero attached hydrogens (tertiary/aromatic N) is 15. The first-order valence-electron chi connectivity index (χ1n) is 22.8. The molecule has 0 unspecified atom stereocenters. The van der Waals surface area contributed by atoms with E-state index < -0.39 is 17.6 Å². The average molecular weight is 1150 g/mol. The largest absolute Gasteiger partial charge is 0.480 e. The van der Waals surface area contributed by atoms with Gasteiger partial charge in [0.25, 0.3) is 16.7 Å². The zero-order valence-corrected chi connectivity index (χ0v) is 44.3. The van der Waals surface area contributed by atoms with Crippen molar-refractivity contribution in [1.29, 1.82) is 0 Å². The summed E-state index contributed by atoms with van der Waals surface area (Å²) in [6, 6.07) is 18.2. The van der Waals surface area contributed by atoms with Gasteiger partial charge in [-0.25, -0.2) is 4.79 Å². The third-order valence-electron chi connectivity index (χ3n) is 13.2. The lowest BCUT2D eigenvalue weighted by atomic mass is 10.0. The number of aryl methyl sites for hydroxylation is 1. The van der Waals surface area contributed by atoms with Gasteiger partial charge in [0.15, 0.2) is 0 Å². The van der Waals surface area contributed by atoms with Crippen molar-refractivity contribution in [3.8, 4) is 50.4 Å². The summed E-state index contributed by atoms with van der Waals surface area (Å²) >= 11 is 44.6. The number of benzene rings is 3. The summed E-state index contributed by atoms with van der Waals surface area (Å²) in [5.41, 5.74) is 6.85. The van der Waals surface area contributed by atoms with Crippen LogP contribution in [0.4, 0.5) is 0 Å². The summed E-state index contributed by atoms with van der Waals surface area (Å²) < 4.78 is 9.13. The zero-order chi connectivity index (χ0) is 53.0. The number of halogens is 7. The molecule has 0 spiro atoms. The molecule has 3 aliphatic heterocycles. The Hall–Kier alpha value is -6.78. The monoisotopic (exact) mass is 1150 g/mol. The second kappa shape index (κ2) is 21.1. The lowest BCUT2D eigenvalue weighted by molar-refractivity contribution is -0.140.